The lowest BCUT2D eigenvalue weighted by Crippen LogP contribution is -2.27. The fourth-order valence-electron chi connectivity index (χ4n) is 1.68. The number of benzene rings is 2. The van der Waals surface area contributed by atoms with Crippen LogP contribution in [0.25, 0.3) is 0 Å². The summed E-state index contributed by atoms with van der Waals surface area (Å²) in [6, 6.07) is 5.68. The Kier molecular flexibility index (Phi) is 3.82. The lowest BCUT2D eigenvalue weighted by atomic mass is 10.3. The Morgan fingerprint density at radius 2 is 1.57 bits per heavy atom. The number of hydrogen-bond acceptors (Lipinski definition) is 3. The predicted molar refractivity (Wildman–Crippen MR) is 72.8 cm³/mol. The average Bonchev–Trinajstić information content (AvgIpc) is 2.42. The maximum atomic E-state index is 13.7. The number of rotatable bonds is 3. The van der Waals surface area contributed by atoms with Crippen molar-refractivity contribution in [3.63, 3.8) is 0 Å². The molecule has 0 aliphatic carbocycles. The molecule has 112 valence electrons. The van der Waals surface area contributed by atoms with E-state index in [0.717, 1.165) is 16.4 Å². The summed E-state index contributed by atoms with van der Waals surface area (Å²) in [6.07, 6.45) is 0. The highest BCUT2D eigenvalue weighted by Crippen LogP contribution is 2.26. The van der Waals surface area contributed by atoms with Gasteiger partial charge in [0.05, 0.1) is 11.4 Å². The molecule has 0 unspecified atom stereocenters. The second kappa shape index (κ2) is 5.28. The fourth-order valence-corrected chi connectivity index (χ4v) is 2.96. The predicted octanol–water partition coefficient (Wildman–Crippen LogP) is 2.51. The molecule has 8 heteroatoms. The zero-order valence-electron chi connectivity index (χ0n) is 10.8. The van der Waals surface area contributed by atoms with E-state index in [0.29, 0.717) is 12.1 Å². The summed E-state index contributed by atoms with van der Waals surface area (Å²) in [4.78, 5) is -0.756. The third-order valence-electron chi connectivity index (χ3n) is 2.88. The number of anilines is 2. The van der Waals surface area contributed by atoms with Gasteiger partial charge in [0.2, 0.25) is 0 Å². The van der Waals surface area contributed by atoms with Crippen molar-refractivity contribution in [3.05, 3.63) is 53.8 Å². The molecule has 0 heterocycles. The molecular formula is C13H11F3N2O2S. The first-order valence-corrected chi connectivity index (χ1v) is 7.16. The minimum absolute atomic E-state index is 0.124. The van der Waals surface area contributed by atoms with Crippen LogP contribution in [-0.2, 0) is 10.0 Å². The van der Waals surface area contributed by atoms with Crippen LogP contribution in [0.5, 0.6) is 0 Å². The Labute approximate surface area is 119 Å². The zero-order valence-corrected chi connectivity index (χ0v) is 11.7. The minimum Gasteiger partial charge on any atom is -0.396 e. The van der Waals surface area contributed by atoms with E-state index in [1.807, 2.05) is 0 Å². The van der Waals surface area contributed by atoms with Crippen LogP contribution in [0.3, 0.4) is 0 Å². The van der Waals surface area contributed by atoms with Crippen molar-refractivity contribution in [3.8, 4) is 0 Å². The van der Waals surface area contributed by atoms with Gasteiger partial charge in [-0.25, -0.2) is 21.6 Å². The number of halogens is 3. The van der Waals surface area contributed by atoms with Gasteiger partial charge < -0.3 is 5.73 Å². The largest absolute Gasteiger partial charge is 0.396 e. The molecule has 4 nitrogen and oxygen atoms in total. The third kappa shape index (κ3) is 2.80. The van der Waals surface area contributed by atoms with Crippen molar-refractivity contribution in [1.29, 1.82) is 0 Å². The maximum Gasteiger partial charge on any atom is 0.267 e. The molecule has 2 rings (SSSR count). The van der Waals surface area contributed by atoms with Crippen LogP contribution in [-0.4, -0.2) is 15.5 Å². The summed E-state index contributed by atoms with van der Waals surface area (Å²) in [7, 11) is -3.12. The highest BCUT2D eigenvalue weighted by Gasteiger charge is 2.26. The highest BCUT2D eigenvalue weighted by atomic mass is 32.2. The van der Waals surface area contributed by atoms with Crippen molar-refractivity contribution in [1.82, 2.24) is 0 Å². The Morgan fingerprint density at radius 1 is 1.00 bits per heavy atom. The molecule has 2 aromatic carbocycles. The van der Waals surface area contributed by atoms with E-state index in [2.05, 4.69) is 0 Å². The molecule has 0 amide bonds. The van der Waals surface area contributed by atoms with Gasteiger partial charge in [0.1, 0.15) is 22.3 Å². The Morgan fingerprint density at radius 3 is 2.14 bits per heavy atom. The van der Waals surface area contributed by atoms with Crippen LogP contribution in [0, 0.1) is 17.5 Å². The summed E-state index contributed by atoms with van der Waals surface area (Å²) in [5.74, 6) is -2.84. The monoisotopic (exact) mass is 316 g/mol. The quantitative estimate of drug-likeness (QED) is 0.885. The van der Waals surface area contributed by atoms with Crippen LogP contribution in [0.15, 0.2) is 41.3 Å². The second-order valence-electron chi connectivity index (χ2n) is 4.25. The summed E-state index contributed by atoms with van der Waals surface area (Å²) in [5.41, 5.74) is 4.91. The molecule has 0 saturated carbocycles. The molecule has 0 fully saturated rings. The SMILES string of the molecule is CN(c1ccc(F)cc1)S(=O)(=O)c1cc(N)c(F)cc1F. The normalized spacial score (nSPS) is 11.4. The molecule has 2 aromatic rings. The molecule has 0 bridgehead atoms. The lowest BCUT2D eigenvalue weighted by Gasteiger charge is -2.20. The number of nitrogens with zero attached hydrogens (tertiary/aromatic N) is 1. The standard InChI is InChI=1S/C13H11F3N2O2S/c1-18(9-4-2-8(14)3-5-9)21(19,20)13-7-12(17)10(15)6-11(13)16/h2-7H,17H2,1H3. The topological polar surface area (TPSA) is 63.4 Å². The Balaban J connectivity index is 2.51. The van der Waals surface area contributed by atoms with Crippen LogP contribution in [0.2, 0.25) is 0 Å². The van der Waals surface area contributed by atoms with E-state index in [1.165, 1.54) is 19.2 Å². The van der Waals surface area contributed by atoms with Gasteiger partial charge >= 0.3 is 0 Å². The number of sulfonamides is 1. The van der Waals surface area contributed by atoms with Gasteiger partial charge in [-0.3, -0.25) is 4.31 Å². The Bertz CT molecular complexity index is 777. The minimum atomic E-state index is -4.29. The van der Waals surface area contributed by atoms with E-state index in [4.69, 9.17) is 5.73 Å². The van der Waals surface area contributed by atoms with Crippen LogP contribution < -0.4 is 10.0 Å². The van der Waals surface area contributed by atoms with Gasteiger partial charge in [-0.2, -0.15) is 0 Å². The first-order valence-electron chi connectivity index (χ1n) is 5.72. The van der Waals surface area contributed by atoms with E-state index < -0.39 is 38.1 Å². The first-order chi connectivity index (χ1) is 9.73. The van der Waals surface area contributed by atoms with Crippen LogP contribution in [0.1, 0.15) is 0 Å². The lowest BCUT2D eigenvalue weighted by molar-refractivity contribution is 0.550. The van der Waals surface area contributed by atoms with Crippen molar-refractivity contribution in [2.45, 2.75) is 4.90 Å². The molecule has 0 aliphatic heterocycles. The van der Waals surface area contributed by atoms with E-state index >= 15 is 0 Å². The van der Waals surface area contributed by atoms with Crippen LogP contribution in [0.4, 0.5) is 24.5 Å². The van der Waals surface area contributed by atoms with Gasteiger partial charge in [-0.05, 0) is 30.3 Å². The van der Waals surface area contributed by atoms with Crippen molar-refractivity contribution < 1.29 is 21.6 Å². The molecule has 0 saturated heterocycles. The highest BCUT2D eigenvalue weighted by molar-refractivity contribution is 7.92. The molecule has 2 N–H and O–H groups in total. The maximum absolute atomic E-state index is 13.7. The number of nitrogens with two attached hydrogens (primary N) is 1. The summed E-state index contributed by atoms with van der Waals surface area (Å²) >= 11 is 0. The number of hydrogen-bond donors (Lipinski definition) is 1. The van der Waals surface area contributed by atoms with Gasteiger partial charge in [-0.15, -0.1) is 0 Å². The molecule has 0 atom stereocenters. The number of nitrogen functional groups attached to an aromatic ring is 1. The summed E-state index contributed by atoms with van der Waals surface area (Å²) in [6.45, 7) is 0. The molecular weight excluding hydrogens is 305 g/mol. The van der Waals surface area contributed by atoms with E-state index in [1.54, 1.807) is 0 Å². The zero-order chi connectivity index (χ0) is 15.8. The fraction of sp³-hybridized carbons (Fsp3) is 0.0769. The Hall–Kier alpha value is -2.22. The molecule has 0 spiro atoms. The van der Waals surface area contributed by atoms with Crippen molar-refractivity contribution >= 4 is 21.4 Å². The van der Waals surface area contributed by atoms with Gasteiger partial charge in [0.15, 0.2) is 0 Å². The summed E-state index contributed by atoms with van der Waals surface area (Å²) < 4.78 is 65.0. The summed E-state index contributed by atoms with van der Waals surface area (Å²) in [5, 5.41) is 0. The van der Waals surface area contributed by atoms with Gasteiger partial charge in [-0.1, -0.05) is 0 Å². The van der Waals surface area contributed by atoms with Crippen LogP contribution >= 0.6 is 0 Å². The second-order valence-corrected chi connectivity index (χ2v) is 6.19. The smallest absolute Gasteiger partial charge is 0.267 e. The van der Waals surface area contributed by atoms with E-state index in [9.17, 15) is 21.6 Å². The van der Waals surface area contributed by atoms with Crippen molar-refractivity contribution in [2.24, 2.45) is 0 Å². The van der Waals surface area contributed by atoms with Crippen molar-refractivity contribution in [2.75, 3.05) is 17.1 Å². The molecule has 0 aliphatic rings. The van der Waals surface area contributed by atoms with Gasteiger partial charge in [0.25, 0.3) is 10.0 Å². The first kappa shape index (κ1) is 15.2. The third-order valence-corrected chi connectivity index (χ3v) is 4.68. The molecule has 21 heavy (non-hydrogen) atoms. The van der Waals surface area contributed by atoms with E-state index in [-0.39, 0.29) is 5.69 Å². The van der Waals surface area contributed by atoms with Gasteiger partial charge in [0, 0.05) is 13.1 Å². The molecule has 0 aromatic heterocycles. The molecule has 0 radical (unpaired) electrons. The average molecular weight is 316 g/mol.